The van der Waals surface area contributed by atoms with Crippen LogP contribution in [0, 0.1) is 15.0 Å². The summed E-state index contributed by atoms with van der Waals surface area (Å²) in [4.78, 5) is 35.8. The number of nitro benzene ring substituents is 1. The van der Waals surface area contributed by atoms with Gasteiger partial charge in [0.1, 0.15) is 4.91 Å². The SMILES string of the molecule is Br.NC(=NCCCC(N)C(=O)Nc1ccc([N+](=O)[O-])cc1)N[N+](=O)O. The van der Waals surface area contributed by atoms with Crippen molar-refractivity contribution in [1.82, 2.24) is 5.43 Å². The molecule has 0 radical (unpaired) electrons. The zero-order chi connectivity index (χ0) is 18.1. The maximum atomic E-state index is 11.9. The lowest BCUT2D eigenvalue weighted by Crippen LogP contribution is -2.37. The highest BCUT2D eigenvalue weighted by atomic mass is 79.9. The van der Waals surface area contributed by atoms with Crippen LogP contribution in [0.25, 0.3) is 0 Å². The standard InChI is InChI=1S/C12H17N7O5.BrH/c13-10(2-1-7-15-12(14)17-19(23)24)11(20)16-8-3-5-9(6-4-8)18(21)22;/h3-6,10H,1-2,7,13H2,(H4-,14,15,16,17,20,23,24);1H/p+1. The molecule has 0 spiro atoms. The number of hydrogen-bond donors (Lipinski definition) is 5. The van der Waals surface area contributed by atoms with Crippen molar-refractivity contribution in [3.8, 4) is 0 Å². The Morgan fingerprint density at radius 3 is 2.44 bits per heavy atom. The first-order chi connectivity index (χ1) is 11.3. The maximum Gasteiger partial charge on any atom is 0.362 e. The second kappa shape index (κ2) is 10.9. The summed E-state index contributed by atoms with van der Waals surface area (Å²) in [6.45, 7) is 0.200. The summed E-state index contributed by atoms with van der Waals surface area (Å²) < 4.78 is 0. The molecular weight excluding hydrogens is 402 g/mol. The molecule has 0 saturated heterocycles. The van der Waals surface area contributed by atoms with E-state index in [1.165, 1.54) is 24.3 Å². The molecule has 0 fully saturated rings. The summed E-state index contributed by atoms with van der Waals surface area (Å²) in [6.07, 6.45) is 0.720. The summed E-state index contributed by atoms with van der Waals surface area (Å²) in [5.74, 6) is -0.712. The quantitative estimate of drug-likeness (QED) is 0.129. The first-order valence-electron chi connectivity index (χ1n) is 6.83. The summed E-state index contributed by atoms with van der Waals surface area (Å²) >= 11 is 0. The number of rotatable bonds is 8. The molecule has 1 rings (SSSR count). The van der Waals surface area contributed by atoms with Gasteiger partial charge in [-0.15, -0.1) is 17.0 Å². The molecular formula is C12H19BrN7O5+. The Morgan fingerprint density at radius 1 is 1.32 bits per heavy atom. The molecule has 0 saturated carbocycles. The Bertz CT molecular complexity index is 637. The highest BCUT2D eigenvalue weighted by Gasteiger charge is 2.14. The molecule has 1 atom stereocenters. The van der Waals surface area contributed by atoms with Crippen LogP contribution in [0.2, 0.25) is 0 Å². The highest BCUT2D eigenvalue weighted by molar-refractivity contribution is 8.93. The fourth-order valence-electron chi connectivity index (χ4n) is 1.68. The van der Waals surface area contributed by atoms with Gasteiger partial charge in [0, 0.05) is 24.4 Å². The van der Waals surface area contributed by atoms with Gasteiger partial charge in [0.05, 0.1) is 11.0 Å². The molecule has 1 aromatic rings. The number of nitrogens with zero attached hydrogens (tertiary/aromatic N) is 3. The van der Waals surface area contributed by atoms with Crippen LogP contribution < -0.4 is 22.2 Å². The van der Waals surface area contributed by atoms with E-state index in [2.05, 4.69) is 10.3 Å². The Hall–Kier alpha value is -2.80. The molecule has 0 heterocycles. The van der Waals surface area contributed by atoms with Gasteiger partial charge in [0.2, 0.25) is 5.91 Å². The minimum atomic E-state index is -0.807. The topological polar surface area (TPSA) is 189 Å². The van der Waals surface area contributed by atoms with Crippen LogP contribution in [-0.2, 0) is 4.79 Å². The van der Waals surface area contributed by atoms with Crippen molar-refractivity contribution in [2.24, 2.45) is 16.5 Å². The van der Waals surface area contributed by atoms with Gasteiger partial charge in [-0.05, 0) is 30.4 Å². The number of nitrogens with two attached hydrogens (primary N) is 2. The Kier molecular flexibility index (Phi) is 9.66. The number of guanidine groups is 1. The number of non-ortho nitro benzene ring substituents is 1. The van der Waals surface area contributed by atoms with Gasteiger partial charge in [-0.3, -0.25) is 14.9 Å². The van der Waals surface area contributed by atoms with E-state index in [0.717, 1.165) is 0 Å². The molecule has 7 N–H and O–H groups in total. The van der Waals surface area contributed by atoms with E-state index in [0.29, 0.717) is 18.5 Å². The van der Waals surface area contributed by atoms with Gasteiger partial charge < -0.3 is 16.8 Å². The third-order valence-corrected chi connectivity index (χ3v) is 2.85. The molecule has 0 aliphatic rings. The van der Waals surface area contributed by atoms with E-state index >= 15 is 0 Å². The molecule has 0 bridgehead atoms. The zero-order valence-corrected chi connectivity index (χ0v) is 14.7. The second-order valence-electron chi connectivity index (χ2n) is 4.69. The lowest BCUT2D eigenvalue weighted by atomic mass is 10.1. The number of nitro groups is 1. The van der Waals surface area contributed by atoms with Crippen molar-refractivity contribution in [3.05, 3.63) is 39.3 Å². The first-order valence-corrected chi connectivity index (χ1v) is 6.83. The highest BCUT2D eigenvalue weighted by Crippen LogP contribution is 2.15. The van der Waals surface area contributed by atoms with Crippen molar-refractivity contribution in [1.29, 1.82) is 0 Å². The monoisotopic (exact) mass is 420 g/mol. The molecule has 138 valence electrons. The minimum Gasteiger partial charge on any atom is -0.365 e. The number of hydrazine groups is 1. The Balaban J connectivity index is 0.00000576. The van der Waals surface area contributed by atoms with E-state index < -0.39 is 21.9 Å². The van der Waals surface area contributed by atoms with Gasteiger partial charge in [-0.2, -0.15) is 0 Å². The summed E-state index contributed by atoms with van der Waals surface area (Å²) in [5, 5.41) is 20.8. The molecule has 1 unspecified atom stereocenters. The molecule has 0 aliphatic carbocycles. The molecule has 1 aromatic carbocycles. The number of hydrogen-bond acceptors (Lipinski definition) is 6. The fraction of sp³-hybridized carbons (Fsp3) is 0.333. The molecule has 25 heavy (non-hydrogen) atoms. The third-order valence-electron chi connectivity index (χ3n) is 2.85. The molecule has 12 nitrogen and oxygen atoms in total. The molecule has 13 heteroatoms. The van der Waals surface area contributed by atoms with Crippen LogP contribution in [-0.4, -0.2) is 39.6 Å². The average molecular weight is 421 g/mol. The van der Waals surface area contributed by atoms with Gasteiger partial charge in [0.15, 0.2) is 0 Å². The number of anilines is 1. The van der Waals surface area contributed by atoms with Crippen LogP contribution in [0.5, 0.6) is 0 Å². The van der Waals surface area contributed by atoms with Gasteiger partial charge in [-0.25, -0.2) is 10.2 Å². The van der Waals surface area contributed by atoms with Crippen LogP contribution in [0.15, 0.2) is 29.3 Å². The van der Waals surface area contributed by atoms with Crippen LogP contribution in [0.1, 0.15) is 12.8 Å². The molecule has 1 amide bonds. The van der Waals surface area contributed by atoms with Gasteiger partial charge in [-0.1, -0.05) is 0 Å². The number of carbonyl (C=O) groups excluding carboxylic acids is 1. The van der Waals surface area contributed by atoms with Gasteiger partial charge in [0.25, 0.3) is 11.6 Å². The average Bonchev–Trinajstić information content (AvgIpc) is 2.51. The number of carbonyl (C=O) groups is 1. The van der Waals surface area contributed by atoms with E-state index in [1.807, 2.05) is 0 Å². The zero-order valence-electron chi connectivity index (χ0n) is 13.0. The molecule has 0 aliphatic heterocycles. The summed E-state index contributed by atoms with van der Waals surface area (Å²) in [7, 11) is 0. The van der Waals surface area contributed by atoms with Crippen LogP contribution >= 0.6 is 17.0 Å². The predicted octanol–water partition coefficient (Wildman–Crippen LogP) is 0.206. The largest absolute Gasteiger partial charge is 0.365 e. The Morgan fingerprint density at radius 2 is 1.92 bits per heavy atom. The smallest absolute Gasteiger partial charge is 0.362 e. The van der Waals surface area contributed by atoms with Gasteiger partial charge >= 0.3 is 5.03 Å². The van der Waals surface area contributed by atoms with E-state index in [1.54, 1.807) is 5.43 Å². The van der Waals surface area contributed by atoms with Crippen LogP contribution in [0.4, 0.5) is 11.4 Å². The summed E-state index contributed by atoms with van der Waals surface area (Å²) in [5.41, 5.74) is 13.1. The predicted molar refractivity (Wildman–Crippen MR) is 94.3 cm³/mol. The second-order valence-corrected chi connectivity index (χ2v) is 4.69. The van der Waals surface area contributed by atoms with Crippen molar-refractivity contribution >= 4 is 40.2 Å². The van der Waals surface area contributed by atoms with Crippen molar-refractivity contribution in [2.75, 3.05) is 11.9 Å². The lowest BCUT2D eigenvalue weighted by Gasteiger charge is -2.11. The number of benzene rings is 1. The number of nitrogens with one attached hydrogen (secondary N) is 2. The lowest BCUT2D eigenvalue weighted by molar-refractivity contribution is -0.822. The number of aliphatic imine (C=N–C) groups is 1. The van der Waals surface area contributed by atoms with E-state index in [-0.39, 0.29) is 35.2 Å². The van der Waals surface area contributed by atoms with Crippen molar-refractivity contribution in [3.63, 3.8) is 0 Å². The van der Waals surface area contributed by atoms with Crippen molar-refractivity contribution < 1.29 is 20.0 Å². The van der Waals surface area contributed by atoms with Crippen molar-refractivity contribution in [2.45, 2.75) is 18.9 Å². The minimum absolute atomic E-state index is 0. The maximum absolute atomic E-state index is 11.9. The number of amides is 1. The first kappa shape index (κ1) is 22.2. The van der Waals surface area contributed by atoms with Crippen LogP contribution in [0.3, 0.4) is 0 Å². The normalized spacial score (nSPS) is 11.8. The third kappa shape index (κ3) is 8.57. The van der Waals surface area contributed by atoms with E-state index in [9.17, 15) is 19.8 Å². The molecule has 0 aromatic heterocycles. The fourth-order valence-corrected chi connectivity index (χ4v) is 1.68. The van der Waals surface area contributed by atoms with E-state index in [4.69, 9.17) is 16.7 Å². The summed E-state index contributed by atoms with van der Waals surface area (Å²) in [6, 6.07) is 4.54. The Labute approximate surface area is 152 Å². The number of halogens is 1.